The third-order valence-corrected chi connectivity index (χ3v) is 2.29. The fourth-order valence-corrected chi connectivity index (χ4v) is 1.54. The molecule has 0 aromatic heterocycles. The van der Waals surface area contributed by atoms with Gasteiger partial charge in [0.05, 0.1) is 6.61 Å². The van der Waals surface area contributed by atoms with Crippen LogP contribution in [0.1, 0.15) is 24.5 Å². The average molecular weight is 217 g/mol. The summed E-state index contributed by atoms with van der Waals surface area (Å²) in [5, 5.41) is 0. The summed E-state index contributed by atoms with van der Waals surface area (Å²) in [6, 6.07) is 6.20. The first-order chi connectivity index (χ1) is 7.77. The van der Waals surface area contributed by atoms with Crippen molar-refractivity contribution in [3.05, 3.63) is 29.3 Å². The third-order valence-electron chi connectivity index (χ3n) is 2.29. The zero-order valence-electron chi connectivity index (χ0n) is 10.0. The number of hydrogen-bond acceptors (Lipinski definition) is 2. The minimum absolute atomic E-state index is 0.640. The van der Waals surface area contributed by atoms with Gasteiger partial charge in [-0.25, -0.2) is 0 Å². The maximum atomic E-state index is 5.69. The Kier molecular flexibility index (Phi) is 5.45. The van der Waals surface area contributed by atoms with Crippen LogP contribution in [0.25, 0.3) is 0 Å². The van der Waals surface area contributed by atoms with Gasteiger partial charge < -0.3 is 10.5 Å². The van der Waals surface area contributed by atoms with Crippen LogP contribution in [0.5, 0.6) is 5.75 Å². The highest BCUT2D eigenvalue weighted by Gasteiger charge is 2.02. The molecule has 1 rings (SSSR count). The van der Waals surface area contributed by atoms with Gasteiger partial charge in [0.2, 0.25) is 0 Å². The predicted molar refractivity (Wildman–Crippen MR) is 67.5 cm³/mol. The molecule has 0 unspecified atom stereocenters. The van der Waals surface area contributed by atoms with Crippen molar-refractivity contribution in [3.8, 4) is 17.6 Å². The maximum absolute atomic E-state index is 5.69. The SMILES string of the molecule is CC#CCCOc1ccc(C)cc1CCN. The molecule has 0 fully saturated rings. The average Bonchev–Trinajstić information content (AvgIpc) is 2.27. The second-order valence-electron chi connectivity index (χ2n) is 3.68. The molecule has 0 aliphatic carbocycles. The van der Waals surface area contributed by atoms with Gasteiger partial charge in [-0.1, -0.05) is 17.7 Å². The van der Waals surface area contributed by atoms with Gasteiger partial charge in [-0.05, 0) is 38.4 Å². The van der Waals surface area contributed by atoms with Crippen LogP contribution < -0.4 is 10.5 Å². The first-order valence-electron chi connectivity index (χ1n) is 5.60. The molecule has 1 aromatic rings. The molecule has 2 nitrogen and oxygen atoms in total. The Morgan fingerprint density at radius 3 is 2.88 bits per heavy atom. The molecule has 0 saturated heterocycles. The van der Waals surface area contributed by atoms with Gasteiger partial charge in [-0.15, -0.1) is 11.8 Å². The molecule has 0 amide bonds. The summed E-state index contributed by atoms with van der Waals surface area (Å²) in [5.41, 5.74) is 8.00. The van der Waals surface area contributed by atoms with Crippen molar-refractivity contribution in [1.29, 1.82) is 0 Å². The minimum Gasteiger partial charge on any atom is -0.492 e. The lowest BCUT2D eigenvalue weighted by atomic mass is 10.1. The lowest BCUT2D eigenvalue weighted by molar-refractivity contribution is 0.323. The van der Waals surface area contributed by atoms with E-state index >= 15 is 0 Å². The normalized spacial score (nSPS) is 9.44. The number of hydrogen-bond donors (Lipinski definition) is 1. The second kappa shape index (κ2) is 6.92. The summed E-state index contributed by atoms with van der Waals surface area (Å²) in [6.45, 7) is 5.20. The number of benzene rings is 1. The Balaban J connectivity index is 2.65. The summed E-state index contributed by atoms with van der Waals surface area (Å²) < 4.78 is 5.69. The van der Waals surface area contributed by atoms with Crippen LogP contribution in [0.4, 0.5) is 0 Å². The van der Waals surface area contributed by atoms with Crippen LogP contribution in [0, 0.1) is 18.8 Å². The maximum Gasteiger partial charge on any atom is 0.122 e. The van der Waals surface area contributed by atoms with E-state index in [0.717, 1.165) is 18.6 Å². The van der Waals surface area contributed by atoms with E-state index in [0.29, 0.717) is 13.2 Å². The van der Waals surface area contributed by atoms with E-state index in [-0.39, 0.29) is 0 Å². The molecule has 0 aliphatic heterocycles. The van der Waals surface area contributed by atoms with Crippen molar-refractivity contribution < 1.29 is 4.74 Å². The molecule has 0 saturated carbocycles. The Bertz CT molecular complexity index is 387. The standard InChI is InChI=1S/C14H19NO/c1-3-4-5-10-16-14-7-6-12(2)11-13(14)8-9-15/h6-7,11H,5,8-10,15H2,1-2H3. The molecule has 2 heteroatoms. The molecule has 0 aliphatic rings. The summed E-state index contributed by atoms with van der Waals surface area (Å²) in [5.74, 6) is 6.77. The first-order valence-corrected chi connectivity index (χ1v) is 5.60. The van der Waals surface area contributed by atoms with E-state index in [2.05, 4.69) is 30.9 Å². The fraction of sp³-hybridized carbons (Fsp3) is 0.429. The van der Waals surface area contributed by atoms with Crippen molar-refractivity contribution >= 4 is 0 Å². The number of nitrogens with two attached hydrogens (primary N) is 1. The van der Waals surface area contributed by atoms with Crippen LogP contribution in [-0.2, 0) is 6.42 Å². The Hall–Kier alpha value is -1.46. The fourth-order valence-electron chi connectivity index (χ4n) is 1.54. The van der Waals surface area contributed by atoms with Crippen LogP contribution in [0.2, 0.25) is 0 Å². The van der Waals surface area contributed by atoms with E-state index in [4.69, 9.17) is 10.5 Å². The molecule has 16 heavy (non-hydrogen) atoms. The van der Waals surface area contributed by atoms with Crippen LogP contribution in [-0.4, -0.2) is 13.2 Å². The summed E-state index contributed by atoms with van der Waals surface area (Å²) in [7, 11) is 0. The lowest BCUT2D eigenvalue weighted by Gasteiger charge is -2.10. The smallest absolute Gasteiger partial charge is 0.122 e. The molecule has 1 aromatic carbocycles. The van der Waals surface area contributed by atoms with E-state index in [9.17, 15) is 0 Å². The quantitative estimate of drug-likeness (QED) is 0.606. The largest absolute Gasteiger partial charge is 0.492 e. The third kappa shape index (κ3) is 3.96. The number of ether oxygens (including phenoxy) is 1. The van der Waals surface area contributed by atoms with Gasteiger partial charge in [-0.3, -0.25) is 0 Å². The molecule has 0 spiro atoms. The van der Waals surface area contributed by atoms with E-state index in [1.165, 1.54) is 11.1 Å². The van der Waals surface area contributed by atoms with Gasteiger partial charge in [0, 0.05) is 6.42 Å². The molecule has 0 heterocycles. The van der Waals surface area contributed by atoms with Gasteiger partial charge in [0.1, 0.15) is 5.75 Å². The Labute approximate surface area is 97.8 Å². The summed E-state index contributed by atoms with van der Waals surface area (Å²) >= 11 is 0. The van der Waals surface area contributed by atoms with E-state index in [1.807, 2.05) is 13.0 Å². The topological polar surface area (TPSA) is 35.2 Å². The van der Waals surface area contributed by atoms with Crippen LogP contribution in [0.3, 0.4) is 0 Å². The zero-order chi connectivity index (χ0) is 11.8. The number of rotatable bonds is 5. The highest BCUT2D eigenvalue weighted by molar-refractivity contribution is 5.37. The van der Waals surface area contributed by atoms with Crippen LogP contribution in [0.15, 0.2) is 18.2 Å². The summed E-state index contributed by atoms with van der Waals surface area (Å²) in [4.78, 5) is 0. The Morgan fingerprint density at radius 1 is 1.38 bits per heavy atom. The van der Waals surface area contributed by atoms with E-state index in [1.54, 1.807) is 0 Å². The molecule has 86 valence electrons. The van der Waals surface area contributed by atoms with Gasteiger partial charge in [-0.2, -0.15) is 0 Å². The second-order valence-corrected chi connectivity index (χ2v) is 3.68. The highest BCUT2D eigenvalue weighted by Crippen LogP contribution is 2.20. The van der Waals surface area contributed by atoms with Crippen molar-refractivity contribution in [2.24, 2.45) is 5.73 Å². The minimum atomic E-state index is 0.640. The Morgan fingerprint density at radius 2 is 2.19 bits per heavy atom. The first kappa shape index (κ1) is 12.6. The van der Waals surface area contributed by atoms with Crippen LogP contribution >= 0.6 is 0 Å². The van der Waals surface area contributed by atoms with Gasteiger partial charge in [0.25, 0.3) is 0 Å². The highest BCUT2D eigenvalue weighted by atomic mass is 16.5. The van der Waals surface area contributed by atoms with Crippen molar-refractivity contribution in [2.45, 2.75) is 26.7 Å². The van der Waals surface area contributed by atoms with Crippen molar-refractivity contribution in [1.82, 2.24) is 0 Å². The van der Waals surface area contributed by atoms with Gasteiger partial charge >= 0.3 is 0 Å². The zero-order valence-corrected chi connectivity index (χ0v) is 10.0. The van der Waals surface area contributed by atoms with Crippen molar-refractivity contribution in [3.63, 3.8) is 0 Å². The van der Waals surface area contributed by atoms with Gasteiger partial charge in [0.15, 0.2) is 0 Å². The molecule has 2 N–H and O–H groups in total. The predicted octanol–water partition coefficient (Wildman–Crippen LogP) is 2.29. The van der Waals surface area contributed by atoms with Crippen molar-refractivity contribution in [2.75, 3.05) is 13.2 Å². The van der Waals surface area contributed by atoms with E-state index < -0.39 is 0 Å². The molecule has 0 atom stereocenters. The molecular formula is C14H19NO. The molecule has 0 bridgehead atoms. The molecule has 0 radical (unpaired) electrons. The molecular weight excluding hydrogens is 198 g/mol. The number of aryl methyl sites for hydroxylation is 1. The lowest BCUT2D eigenvalue weighted by Crippen LogP contribution is -2.06. The monoisotopic (exact) mass is 217 g/mol. The summed E-state index contributed by atoms with van der Waals surface area (Å²) in [6.07, 6.45) is 1.63.